The van der Waals surface area contributed by atoms with Crippen molar-refractivity contribution in [2.24, 2.45) is 0 Å². The molecule has 3 aliphatic heterocycles. The molecule has 0 radical (unpaired) electrons. The third-order valence-corrected chi connectivity index (χ3v) is 26.5. The van der Waals surface area contributed by atoms with Crippen LogP contribution in [-0.2, 0) is 54.1 Å². The molecule has 0 saturated heterocycles. The van der Waals surface area contributed by atoms with Gasteiger partial charge in [0.05, 0.1) is 5.69 Å². The summed E-state index contributed by atoms with van der Waals surface area (Å²) in [5.41, 5.74) is 37.9. The molecule has 3 nitrogen and oxygen atoms in total. The van der Waals surface area contributed by atoms with Crippen LogP contribution in [-0.4, -0.2) is 6.71 Å². The third kappa shape index (κ3) is 8.43. The van der Waals surface area contributed by atoms with Crippen molar-refractivity contribution < 1.29 is 0 Å². The number of hydrogen-bond acceptors (Lipinski definition) is 3. The fourth-order valence-corrected chi connectivity index (χ4v) is 19.6. The Hall–Kier alpha value is -7.56. The zero-order chi connectivity index (χ0) is 67.6. The molecule has 4 heteroatoms. The predicted molar refractivity (Wildman–Crippen MR) is 408 cm³/mol. The molecule has 9 aromatic rings. The Balaban J connectivity index is 1.12. The molecule has 1 atom stereocenters. The van der Waals surface area contributed by atoms with Crippen molar-refractivity contribution in [3.63, 3.8) is 0 Å². The van der Waals surface area contributed by atoms with Gasteiger partial charge < -0.3 is 14.7 Å². The summed E-state index contributed by atoms with van der Waals surface area (Å²) in [5.74, 6) is 0. The third-order valence-electron chi connectivity index (χ3n) is 26.5. The van der Waals surface area contributed by atoms with E-state index in [0.29, 0.717) is 0 Å². The van der Waals surface area contributed by atoms with Crippen molar-refractivity contribution >= 4 is 74.3 Å². The maximum absolute atomic E-state index is 2.86. The second-order valence-electron chi connectivity index (χ2n) is 37.0. The number of nitrogens with zero attached hydrogens (tertiary/aromatic N) is 3. The van der Waals surface area contributed by atoms with E-state index in [1.165, 1.54) is 145 Å². The summed E-state index contributed by atoms with van der Waals surface area (Å²) in [6, 6.07) is 62.9. The average molecular weight is 1250 g/mol. The molecule has 4 aliphatic carbocycles. The van der Waals surface area contributed by atoms with E-state index in [-0.39, 0.29) is 60.9 Å². The van der Waals surface area contributed by atoms with Crippen molar-refractivity contribution in [1.29, 1.82) is 0 Å². The highest BCUT2D eigenvalue weighted by molar-refractivity contribution is 7.00. The Morgan fingerprint density at radius 1 is 0.368 bits per heavy atom. The molecular weight excluding hydrogens is 1150 g/mol. The van der Waals surface area contributed by atoms with E-state index in [1.54, 1.807) is 0 Å². The van der Waals surface area contributed by atoms with Gasteiger partial charge in [0.1, 0.15) is 0 Å². The van der Waals surface area contributed by atoms with Crippen molar-refractivity contribution in [3.8, 4) is 11.1 Å². The number of anilines is 9. The number of aryl methyl sites for hydroxylation is 2. The molecule has 4 bridgehead atoms. The first kappa shape index (κ1) is 62.3. The number of hydrogen-bond donors (Lipinski definition) is 0. The minimum Gasteiger partial charge on any atom is -0.311 e. The lowest BCUT2D eigenvalue weighted by molar-refractivity contribution is 0.208. The van der Waals surface area contributed by atoms with Gasteiger partial charge >= 0.3 is 0 Å². The van der Waals surface area contributed by atoms with Crippen molar-refractivity contribution in [1.82, 2.24) is 0 Å². The quantitative estimate of drug-likeness (QED) is 0.163. The monoisotopic (exact) mass is 1250 g/mol. The molecule has 0 aromatic heterocycles. The van der Waals surface area contributed by atoms with Gasteiger partial charge in [-0.05, 0) is 232 Å². The topological polar surface area (TPSA) is 9.72 Å². The van der Waals surface area contributed by atoms with E-state index < -0.39 is 0 Å². The summed E-state index contributed by atoms with van der Waals surface area (Å²) in [7, 11) is 0. The fraction of sp³-hybridized carbons (Fsp3) is 0.407. The molecule has 0 spiro atoms. The van der Waals surface area contributed by atoms with Crippen LogP contribution in [0.2, 0.25) is 0 Å². The van der Waals surface area contributed by atoms with Gasteiger partial charge in [-0.1, -0.05) is 242 Å². The van der Waals surface area contributed by atoms with Crippen LogP contribution in [0, 0.1) is 13.8 Å². The Morgan fingerprint density at radius 2 is 0.821 bits per heavy atom. The highest BCUT2D eigenvalue weighted by Gasteiger charge is 2.55. The summed E-state index contributed by atoms with van der Waals surface area (Å²) in [4.78, 5) is 8.27. The van der Waals surface area contributed by atoms with E-state index in [4.69, 9.17) is 0 Å². The van der Waals surface area contributed by atoms with Crippen molar-refractivity contribution in [2.45, 2.75) is 239 Å². The van der Waals surface area contributed by atoms with E-state index in [9.17, 15) is 0 Å². The van der Waals surface area contributed by atoms with Crippen LogP contribution >= 0.6 is 0 Å². The van der Waals surface area contributed by atoms with Crippen LogP contribution < -0.4 is 31.1 Å². The van der Waals surface area contributed by atoms with Crippen LogP contribution in [0.3, 0.4) is 0 Å². The highest BCUT2D eigenvalue weighted by atomic mass is 15.2. The molecular formula is C91H102BN3. The maximum atomic E-state index is 2.86. The maximum Gasteiger partial charge on any atom is 0.252 e. The molecule has 1 unspecified atom stereocenters. The summed E-state index contributed by atoms with van der Waals surface area (Å²) in [6.07, 6.45) is 4.53. The van der Waals surface area contributed by atoms with Crippen LogP contribution in [0.5, 0.6) is 0 Å². The van der Waals surface area contributed by atoms with Crippen LogP contribution in [0.25, 0.3) is 11.1 Å². The first-order valence-electron chi connectivity index (χ1n) is 36.0. The molecule has 0 N–H and O–H groups in total. The molecule has 484 valence electrons. The standard InChI is InChI=1S/C91H102BN3/c1-53-44-66-68(85(11,12)41-40-84(66,9)10)50-74(53)94-76-51-70-69(88(17,18)63-26-24-25-27-64(63)89(70,19)20)49-73(76)92-72-39-38-65-79-61-46-57(32-37-62(61)87(65,15)16)90(21,22)91(23)43-42-86(13,14)67-45-54(2)75(52-71(67)91)95(81(72)79)78-48-60(47-77(94)80(78)92)93(58-33-28-55(29-34-58)82(3,4)5)59-35-30-56(31-36-59)83(6,7)8/h24-39,44-52H,40-43H2,1-23H3. The molecule has 16 rings (SSSR count). The Morgan fingerprint density at radius 3 is 1.37 bits per heavy atom. The first-order chi connectivity index (χ1) is 44.3. The minimum atomic E-state index is -0.288. The number of benzene rings is 9. The average Bonchev–Trinajstić information content (AvgIpc) is 1.66. The van der Waals surface area contributed by atoms with Crippen LogP contribution in [0.4, 0.5) is 51.2 Å². The van der Waals surface area contributed by atoms with Gasteiger partial charge in [0.25, 0.3) is 6.71 Å². The summed E-state index contributed by atoms with van der Waals surface area (Å²) < 4.78 is 0. The lowest BCUT2D eigenvalue weighted by Gasteiger charge is -2.53. The summed E-state index contributed by atoms with van der Waals surface area (Å²) in [5, 5.41) is 0. The minimum absolute atomic E-state index is 0.00448. The zero-order valence-electron chi connectivity index (χ0n) is 61.7. The molecule has 3 heterocycles. The predicted octanol–water partition coefficient (Wildman–Crippen LogP) is 22.7. The molecule has 7 aliphatic rings. The lowest BCUT2D eigenvalue weighted by atomic mass is 9.32. The largest absolute Gasteiger partial charge is 0.311 e. The van der Waals surface area contributed by atoms with Gasteiger partial charge in [0.15, 0.2) is 0 Å². The van der Waals surface area contributed by atoms with Crippen molar-refractivity contribution in [3.05, 3.63) is 235 Å². The molecule has 0 saturated carbocycles. The SMILES string of the molecule is Cc1cc2c(cc1N1c3cc4c(cc3B3c5ccc6c7c5N(c5cc8c(cc5C)C(C)(C)CCC8(C)C(C)(C)c5ccc(c-7c5)C6(C)C)c5cc(N(c6ccc(C(C)(C)C)cc6)c6ccc(C(C)(C)C)cc6)cc1c53)C(C)(C)c1ccccc1C4(C)C)C(C)(C)CCC2(C)C. The Kier molecular flexibility index (Phi) is 12.7. The van der Waals surface area contributed by atoms with E-state index in [1.807, 2.05) is 0 Å². The second kappa shape index (κ2) is 19.4. The first-order valence-corrected chi connectivity index (χ1v) is 36.0. The number of fused-ring (bicyclic) bond motifs is 10. The van der Waals surface area contributed by atoms with Gasteiger partial charge in [-0.2, -0.15) is 0 Å². The summed E-state index contributed by atoms with van der Waals surface area (Å²) in [6.45, 7) is 56.6. The molecule has 0 amide bonds. The van der Waals surface area contributed by atoms with Crippen LogP contribution in [0.1, 0.15) is 255 Å². The van der Waals surface area contributed by atoms with Gasteiger partial charge in [0.2, 0.25) is 0 Å². The van der Waals surface area contributed by atoms with Crippen molar-refractivity contribution in [2.75, 3.05) is 14.7 Å². The van der Waals surface area contributed by atoms with E-state index in [0.717, 1.165) is 42.7 Å². The summed E-state index contributed by atoms with van der Waals surface area (Å²) >= 11 is 0. The van der Waals surface area contributed by atoms with Gasteiger partial charge in [0, 0.05) is 72.7 Å². The van der Waals surface area contributed by atoms with E-state index >= 15 is 0 Å². The van der Waals surface area contributed by atoms with E-state index in [2.05, 4.69) is 326 Å². The van der Waals surface area contributed by atoms with Gasteiger partial charge in [-0.25, -0.2) is 0 Å². The molecule has 0 fully saturated rings. The smallest absolute Gasteiger partial charge is 0.252 e. The molecule has 9 aromatic carbocycles. The lowest BCUT2D eigenvalue weighted by Crippen LogP contribution is -2.62. The van der Waals surface area contributed by atoms with Crippen LogP contribution in [0.15, 0.2) is 152 Å². The second-order valence-corrected chi connectivity index (χ2v) is 37.0. The van der Waals surface area contributed by atoms with Gasteiger partial charge in [-0.15, -0.1) is 0 Å². The zero-order valence-corrected chi connectivity index (χ0v) is 61.7. The fourth-order valence-electron chi connectivity index (χ4n) is 19.6. The Labute approximate surface area is 570 Å². The van der Waals surface area contributed by atoms with Gasteiger partial charge in [-0.3, -0.25) is 0 Å². The molecule has 95 heavy (non-hydrogen) atoms. The highest BCUT2D eigenvalue weighted by Crippen LogP contribution is 2.63. The number of rotatable bonds is 4. The Bertz CT molecular complexity index is 4750. The normalized spacial score (nSPS) is 20.8.